The fraction of sp³-hybridized carbons (Fsp3) is 0.625. The molecule has 0 spiro atoms. The number of rotatable bonds is 2. The molecule has 1 aliphatic rings. The van der Waals surface area contributed by atoms with Crippen LogP contribution in [0.15, 0.2) is 10.2 Å². The minimum absolute atomic E-state index is 0.0817. The molecule has 1 rings (SSSR count). The summed E-state index contributed by atoms with van der Waals surface area (Å²) in [7, 11) is 0. The van der Waals surface area contributed by atoms with Crippen LogP contribution in [0.25, 0.3) is 0 Å². The molecule has 6 heteroatoms. The summed E-state index contributed by atoms with van der Waals surface area (Å²) in [5.41, 5.74) is -2.52. The molecule has 0 saturated heterocycles. The van der Waals surface area contributed by atoms with E-state index < -0.39 is 17.4 Å². The van der Waals surface area contributed by atoms with Gasteiger partial charge < -0.3 is 0 Å². The first kappa shape index (κ1) is 10.9. The number of carbonyl (C=O) groups is 1. The monoisotopic (exact) mass is 206 g/mol. The maximum absolute atomic E-state index is 12.4. The van der Waals surface area contributed by atoms with Crippen LogP contribution in [0.2, 0.25) is 0 Å². The fourth-order valence-corrected chi connectivity index (χ4v) is 0.906. The van der Waals surface area contributed by atoms with Crippen LogP contribution in [-0.2, 0) is 4.79 Å². The number of hydrogen-bond acceptors (Lipinski definition) is 3. The van der Waals surface area contributed by atoms with E-state index in [1.54, 1.807) is 0 Å². The van der Waals surface area contributed by atoms with Crippen LogP contribution < -0.4 is 0 Å². The predicted octanol–water partition coefficient (Wildman–Crippen LogP) is 1.97. The van der Waals surface area contributed by atoms with Crippen molar-refractivity contribution in [3.05, 3.63) is 0 Å². The van der Waals surface area contributed by atoms with E-state index in [4.69, 9.17) is 0 Å². The van der Waals surface area contributed by atoms with Gasteiger partial charge in [0.1, 0.15) is 11.1 Å². The summed E-state index contributed by atoms with van der Waals surface area (Å²) in [6.45, 7) is 1.69. The Hall–Kier alpha value is -1.20. The van der Waals surface area contributed by atoms with Gasteiger partial charge in [-0.3, -0.25) is 4.79 Å². The Morgan fingerprint density at radius 2 is 2.00 bits per heavy atom. The number of alkyl halides is 3. The largest absolute Gasteiger partial charge is 0.401 e. The standard InChI is InChI=1S/C8H9F3N2O/c1-7(2,8(9,10)11)6(14)5-3-4-12-13-5/h4H,3H2,1-2H3. The minimum atomic E-state index is -4.56. The maximum Gasteiger partial charge on any atom is 0.401 e. The highest BCUT2D eigenvalue weighted by molar-refractivity contribution is 6.44. The molecular formula is C8H9F3N2O. The summed E-state index contributed by atoms with van der Waals surface area (Å²) < 4.78 is 37.3. The Morgan fingerprint density at radius 3 is 2.36 bits per heavy atom. The zero-order valence-corrected chi connectivity index (χ0v) is 7.72. The van der Waals surface area contributed by atoms with Gasteiger partial charge in [-0.05, 0) is 13.8 Å². The molecule has 0 bridgehead atoms. The van der Waals surface area contributed by atoms with Gasteiger partial charge in [0, 0.05) is 12.6 Å². The van der Waals surface area contributed by atoms with Crippen LogP contribution >= 0.6 is 0 Å². The highest BCUT2D eigenvalue weighted by atomic mass is 19.4. The molecule has 0 saturated carbocycles. The summed E-state index contributed by atoms with van der Waals surface area (Å²) in [5, 5.41) is 6.71. The topological polar surface area (TPSA) is 41.8 Å². The first-order valence-corrected chi connectivity index (χ1v) is 3.96. The molecule has 0 aromatic rings. The van der Waals surface area contributed by atoms with Gasteiger partial charge in [-0.2, -0.15) is 23.4 Å². The number of Topliss-reactive ketones (excluding diaryl/α,β-unsaturated/α-hetero) is 1. The fourth-order valence-electron chi connectivity index (χ4n) is 0.906. The van der Waals surface area contributed by atoms with Crippen molar-refractivity contribution < 1.29 is 18.0 Å². The Labute approximate surface area is 78.7 Å². The van der Waals surface area contributed by atoms with E-state index in [0.717, 1.165) is 13.8 Å². The van der Waals surface area contributed by atoms with Gasteiger partial charge in [-0.15, -0.1) is 0 Å². The molecule has 0 aromatic carbocycles. The van der Waals surface area contributed by atoms with Crippen molar-refractivity contribution in [3.8, 4) is 0 Å². The van der Waals surface area contributed by atoms with Crippen LogP contribution in [0, 0.1) is 5.41 Å². The summed E-state index contributed by atoms with van der Waals surface area (Å²) >= 11 is 0. The van der Waals surface area contributed by atoms with Crippen LogP contribution in [0.1, 0.15) is 20.3 Å². The van der Waals surface area contributed by atoms with E-state index in [-0.39, 0.29) is 12.1 Å². The lowest BCUT2D eigenvalue weighted by molar-refractivity contribution is -0.206. The number of nitrogens with zero attached hydrogens (tertiary/aromatic N) is 2. The number of ketones is 1. The molecule has 0 amide bonds. The molecular weight excluding hydrogens is 197 g/mol. The van der Waals surface area contributed by atoms with Crippen molar-refractivity contribution in [3.63, 3.8) is 0 Å². The SMILES string of the molecule is CC(C)(C(=O)C1=NN=CC1)C(F)(F)F. The Bertz CT molecular complexity index is 315. The second kappa shape index (κ2) is 3.18. The zero-order chi connectivity index (χ0) is 11.0. The van der Waals surface area contributed by atoms with Crippen molar-refractivity contribution in [2.45, 2.75) is 26.4 Å². The highest BCUT2D eigenvalue weighted by Gasteiger charge is 2.53. The summed E-state index contributed by atoms with van der Waals surface area (Å²) in [6.07, 6.45) is -3.17. The molecule has 1 heterocycles. The quantitative estimate of drug-likeness (QED) is 0.681. The van der Waals surface area contributed by atoms with Gasteiger partial charge in [-0.1, -0.05) is 0 Å². The van der Waals surface area contributed by atoms with Gasteiger partial charge in [0.25, 0.3) is 0 Å². The molecule has 1 aliphatic heterocycles. The van der Waals surface area contributed by atoms with Crippen molar-refractivity contribution in [2.24, 2.45) is 15.6 Å². The van der Waals surface area contributed by atoms with Crippen molar-refractivity contribution in [1.29, 1.82) is 0 Å². The van der Waals surface area contributed by atoms with Gasteiger partial charge in [-0.25, -0.2) is 0 Å². The third-order valence-corrected chi connectivity index (χ3v) is 2.08. The lowest BCUT2D eigenvalue weighted by Gasteiger charge is -2.25. The van der Waals surface area contributed by atoms with Crippen molar-refractivity contribution in [1.82, 2.24) is 0 Å². The average Bonchev–Trinajstić information content (AvgIpc) is 2.52. The van der Waals surface area contributed by atoms with Crippen LogP contribution in [0.5, 0.6) is 0 Å². The first-order valence-electron chi connectivity index (χ1n) is 3.96. The minimum Gasteiger partial charge on any atom is -0.292 e. The van der Waals surface area contributed by atoms with Crippen LogP contribution in [0.4, 0.5) is 13.2 Å². The second-order valence-electron chi connectivity index (χ2n) is 3.50. The van der Waals surface area contributed by atoms with Gasteiger partial charge in [0.2, 0.25) is 0 Å². The predicted molar refractivity (Wildman–Crippen MR) is 45.4 cm³/mol. The van der Waals surface area contributed by atoms with E-state index >= 15 is 0 Å². The zero-order valence-electron chi connectivity index (χ0n) is 7.72. The molecule has 0 unspecified atom stereocenters. The highest BCUT2D eigenvalue weighted by Crippen LogP contribution is 2.38. The number of halogens is 3. The van der Waals surface area contributed by atoms with E-state index in [2.05, 4.69) is 10.2 Å². The molecule has 0 aromatic heterocycles. The van der Waals surface area contributed by atoms with Gasteiger partial charge in [0.05, 0.1) is 0 Å². The van der Waals surface area contributed by atoms with E-state index in [9.17, 15) is 18.0 Å². The first-order chi connectivity index (χ1) is 6.27. The summed E-state index contributed by atoms with van der Waals surface area (Å²) in [6, 6.07) is 0. The van der Waals surface area contributed by atoms with Gasteiger partial charge in [0.15, 0.2) is 5.78 Å². The summed E-state index contributed by atoms with van der Waals surface area (Å²) in [5.74, 6) is -1.01. The number of carbonyl (C=O) groups excluding carboxylic acids is 1. The third kappa shape index (κ3) is 1.69. The molecule has 14 heavy (non-hydrogen) atoms. The maximum atomic E-state index is 12.4. The number of hydrogen-bond donors (Lipinski definition) is 0. The Kier molecular flexibility index (Phi) is 2.47. The van der Waals surface area contributed by atoms with Gasteiger partial charge >= 0.3 is 6.18 Å². The lowest BCUT2D eigenvalue weighted by Crippen LogP contribution is -2.43. The van der Waals surface area contributed by atoms with E-state index in [0.29, 0.717) is 0 Å². The van der Waals surface area contributed by atoms with Crippen molar-refractivity contribution >= 4 is 17.7 Å². The Balaban J connectivity index is 2.89. The summed E-state index contributed by atoms with van der Waals surface area (Å²) in [4.78, 5) is 11.4. The smallest absolute Gasteiger partial charge is 0.292 e. The normalized spacial score (nSPS) is 17.1. The third-order valence-electron chi connectivity index (χ3n) is 2.08. The average molecular weight is 206 g/mol. The Morgan fingerprint density at radius 1 is 1.43 bits per heavy atom. The van der Waals surface area contributed by atoms with Crippen molar-refractivity contribution in [2.75, 3.05) is 0 Å². The van der Waals surface area contributed by atoms with E-state index in [1.807, 2.05) is 0 Å². The van der Waals surface area contributed by atoms with Crippen LogP contribution in [0.3, 0.4) is 0 Å². The molecule has 0 fully saturated rings. The second-order valence-corrected chi connectivity index (χ2v) is 3.50. The molecule has 78 valence electrons. The van der Waals surface area contributed by atoms with E-state index in [1.165, 1.54) is 6.21 Å². The van der Waals surface area contributed by atoms with Crippen LogP contribution in [-0.4, -0.2) is 23.9 Å². The molecule has 0 atom stereocenters. The molecule has 3 nitrogen and oxygen atoms in total. The molecule has 0 N–H and O–H groups in total. The molecule has 0 radical (unpaired) electrons. The lowest BCUT2D eigenvalue weighted by atomic mass is 9.84. The molecule has 0 aliphatic carbocycles.